The molecule has 2 aromatic heterocycles. The second-order valence-corrected chi connectivity index (χ2v) is 5.65. The molecular formula is C17H19N3O2. The van der Waals surface area contributed by atoms with Crippen molar-refractivity contribution in [2.45, 2.75) is 25.9 Å². The van der Waals surface area contributed by atoms with E-state index < -0.39 is 0 Å². The summed E-state index contributed by atoms with van der Waals surface area (Å²) in [5.74, 6) is 0.860. The zero-order chi connectivity index (χ0) is 14.9. The maximum absolute atomic E-state index is 6.02. The van der Waals surface area contributed by atoms with Gasteiger partial charge in [-0.1, -0.05) is 12.1 Å². The van der Waals surface area contributed by atoms with Crippen molar-refractivity contribution in [3.8, 4) is 0 Å². The number of nitrogens with zero attached hydrogens (tertiary/aromatic N) is 3. The number of aromatic nitrogens is 2. The van der Waals surface area contributed by atoms with Crippen molar-refractivity contribution in [1.29, 1.82) is 0 Å². The lowest BCUT2D eigenvalue weighted by atomic mass is 10.2. The number of rotatable bonds is 4. The zero-order valence-corrected chi connectivity index (χ0v) is 12.7. The first-order valence-electron chi connectivity index (χ1n) is 7.85. The van der Waals surface area contributed by atoms with Crippen LogP contribution in [0.1, 0.15) is 19.8 Å². The second kappa shape index (κ2) is 5.57. The van der Waals surface area contributed by atoms with E-state index in [1.165, 1.54) is 0 Å². The first-order chi connectivity index (χ1) is 10.9. The quantitative estimate of drug-likeness (QED) is 0.739. The van der Waals surface area contributed by atoms with Gasteiger partial charge in [-0.2, -0.15) is 0 Å². The van der Waals surface area contributed by atoms with E-state index in [1.807, 2.05) is 24.3 Å². The molecule has 5 nitrogen and oxygen atoms in total. The molecular weight excluding hydrogens is 278 g/mol. The molecule has 0 radical (unpaired) electrons. The largest absolute Gasteiger partial charge is 0.450 e. The summed E-state index contributed by atoms with van der Waals surface area (Å²) in [6.07, 6.45) is 4.17. The van der Waals surface area contributed by atoms with Crippen molar-refractivity contribution in [3.05, 3.63) is 30.6 Å². The predicted octanol–water partition coefficient (Wildman–Crippen LogP) is 3.38. The van der Waals surface area contributed by atoms with Crippen LogP contribution in [0, 0.1) is 0 Å². The number of furan rings is 1. The van der Waals surface area contributed by atoms with Gasteiger partial charge in [-0.15, -0.1) is 0 Å². The highest BCUT2D eigenvalue weighted by Crippen LogP contribution is 2.32. The first-order valence-corrected chi connectivity index (χ1v) is 7.85. The first kappa shape index (κ1) is 13.5. The Morgan fingerprint density at radius 2 is 2.18 bits per heavy atom. The molecule has 3 heterocycles. The highest BCUT2D eigenvalue weighted by Gasteiger charge is 2.22. The van der Waals surface area contributed by atoms with Crippen LogP contribution in [0.3, 0.4) is 0 Å². The Bertz CT molecular complexity index is 793. The molecule has 0 spiro atoms. The number of benzene rings is 1. The van der Waals surface area contributed by atoms with E-state index in [0.29, 0.717) is 0 Å². The van der Waals surface area contributed by atoms with Crippen molar-refractivity contribution >= 4 is 27.9 Å². The standard InChI is InChI=1S/C17H19N3O2/c1-2-20(10-12-6-5-9-21-12)17-16-15(18-11-19-17)13-7-3-4-8-14(13)22-16/h3-4,7-8,11-12H,2,5-6,9-10H2,1H3. The number of hydrogen-bond donors (Lipinski definition) is 0. The van der Waals surface area contributed by atoms with Crippen molar-refractivity contribution in [1.82, 2.24) is 9.97 Å². The number of ether oxygens (including phenoxy) is 1. The van der Waals surface area contributed by atoms with E-state index >= 15 is 0 Å². The third-order valence-electron chi connectivity index (χ3n) is 4.27. The van der Waals surface area contributed by atoms with Crippen molar-refractivity contribution < 1.29 is 9.15 Å². The van der Waals surface area contributed by atoms with E-state index in [4.69, 9.17) is 9.15 Å². The molecule has 114 valence electrons. The highest BCUT2D eigenvalue weighted by atomic mass is 16.5. The summed E-state index contributed by atoms with van der Waals surface area (Å²) in [6.45, 7) is 4.71. The normalized spacial score (nSPS) is 18.3. The maximum atomic E-state index is 6.02. The molecule has 1 fully saturated rings. The van der Waals surface area contributed by atoms with Gasteiger partial charge < -0.3 is 14.1 Å². The van der Waals surface area contributed by atoms with Gasteiger partial charge in [-0.3, -0.25) is 0 Å². The van der Waals surface area contributed by atoms with Crippen LogP contribution in [0.5, 0.6) is 0 Å². The lowest BCUT2D eigenvalue weighted by Crippen LogP contribution is -2.32. The molecule has 1 aliphatic rings. The molecule has 3 aromatic rings. The fourth-order valence-electron chi connectivity index (χ4n) is 3.14. The Kier molecular flexibility index (Phi) is 3.42. The lowest BCUT2D eigenvalue weighted by molar-refractivity contribution is 0.115. The average molecular weight is 297 g/mol. The minimum absolute atomic E-state index is 0.286. The van der Waals surface area contributed by atoms with Crippen LogP contribution in [0.2, 0.25) is 0 Å². The van der Waals surface area contributed by atoms with Gasteiger partial charge in [0, 0.05) is 25.1 Å². The van der Waals surface area contributed by atoms with Crippen molar-refractivity contribution in [2.24, 2.45) is 0 Å². The summed E-state index contributed by atoms with van der Waals surface area (Å²) in [5.41, 5.74) is 2.50. The lowest BCUT2D eigenvalue weighted by Gasteiger charge is -2.24. The molecule has 0 saturated carbocycles. The van der Waals surface area contributed by atoms with E-state index in [0.717, 1.165) is 60.4 Å². The van der Waals surface area contributed by atoms with Gasteiger partial charge in [-0.05, 0) is 31.9 Å². The molecule has 1 saturated heterocycles. The Balaban J connectivity index is 1.79. The minimum Gasteiger partial charge on any atom is -0.450 e. The van der Waals surface area contributed by atoms with E-state index in [2.05, 4.69) is 21.8 Å². The average Bonchev–Trinajstić information content (AvgIpc) is 3.19. The zero-order valence-electron chi connectivity index (χ0n) is 12.7. The molecule has 5 heteroatoms. The smallest absolute Gasteiger partial charge is 0.196 e. The monoisotopic (exact) mass is 297 g/mol. The second-order valence-electron chi connectivity index (χ2n) is 5.65. The van der Waals surface area contributed by atoms with Crippen molar-refractivity contribution in [2.75, 3.05) is 24.6 Å². The molecule has 4 rings (SSSR count). The molecule has 0 amide bonds. The van der Waals surface area contributed by atoms with Crippen LogP contribution in [-0.4, -0.2) is 35.8 Å². The molecule has 1 aliphatic heterocycles. The number of para-hydroxylation sites is 1. The number of anilines is 1. The predicted molar refractivity (Wildman–Crippen MR) is 86.2 cm³/mol. The molecule has 0 bridgehead atoms. The van der Waals surface area contributed by atoms with Crippen LogP contribution < -0.4 is 4.90 Å². The topological polar surface area (TPSA) is 51.4 Å². The van der Waals surface area contributed by atoms with E-state index in [-0.39, 0.29) is 6.10 Å². The Morgan fingerprint density at radius 3 is 3.00 bits per heavy atom. The van der Waals surface area contributed by atoms with Gasteiger partial charge in [0.15, 0.2) is 11.4 Å². The fourth-order valence-corrected chi connectivity index (χ4v) is 3.14. The molecule has 22 heavy (non-hydrogen) atoms. The van der Waals surface area contributed by atoms with Crippen LogP contribution in [0.4, 0.5) is 5.82 Å². The molecule has 0 N–H and O–H groups in total. The highest BCUT2D eigenvalue weighted by molar-refractivity contribution is 6.05. The van der Waals surface area contributed by atoms with Gasteiger partial charge in [0.1, 0.15) is 17.4 Å². The summed E-state index contributed by atoms with van der Waals surface area (Å²) in [4.78, 5) is 11.1. The SMILES string of the molecule is CCN(CC1CCCO1)c1ncnc2c1oc1ccccc12. The molecule has 0 aliphatic carbocycles. The summed E-state index contributed by atoms with van der Waals surface area (Å²) < 4.78 is 11.8. The van der Waals surface area contributed by atoms with Crippen LogP contribution in [0.25, 0.3) is 22.1 Å². The summed E-state index contributed by atoms with van der Waals surface area (Å²) in [5, 5.41) is 1.04. The Hall–Kier alpha value is -2.14. The summed E-state index contributed by atoms with van der Waals surface area (Å²) in [7, 11) is 0. The third kappa shape index (κ3) is 2.22. The minimum atomic E-state index is 0.286. The van der Waals surface area contributed by atoms with Crippen LogP contribution in [-0.2, 0) is 4.74 Å². The van der Waals surface area contributed by atoms with E-state index in [1.54, 1.807) is 6.33 Å². The molecule has 1 aromatic carbocycles. The Labute approximate surface area is 128 Å². The molecule has 1 unspecified atom stereocenters. The van der Waals surface area contributed by atoms with Gasteiger partial charge in [-0.25, -0.2) is 9.97 Å². The van der Waals surface area contributed by atoms with Gasteiger partial charge >= 0.3 is 0 Å². The Morgan fingerprint density at radius 1 is 1.27 bits per heavy atom. The number of likely N-dealkylation sites (N-methyl/N-ethyl adjacent to an activating group) is 1. The van der Waals surface area contributed by atoms with Gasteiger partial charge in [0.05, 0.1) is 6.10 Å². The van der Waals surface area contributed by atoms with Crippen LogP contribution >= 0.6 is 0 Å². The van der Waals surface area contributed by atoms with Crippen molar-refractivity contribution in [3.63, 3.8) is 0 Å². The van der Waals surface area contributed by atoms with E-state index in [9.17, 15) is 0 Å². The summed E-state index contributed by atoms with van der Waals surface area (Å²) in [6, 6.07) is 7.98. The summed E-state index contributed by atoms with van der Waals surface area (Å²) >= 11 is 0. The fraction of sp³-hybridized carbons (Fsp3) is 0.412. The van der Waals surface area contributed by atoms with Crippen LogP contribution in [0.15, 0.2) is 35.0 Å². The molecule has 1 atom stereocenters. The van der Waals surface area contributed by atoms with Gasteiger partial charge in [0.2, 0.25) is 0 Å². The third-order valence-corrected chi connectivity index (χ3v) is 4.27. The maximum Gasteiger partial charge on any atom is 0.196 e. The van der Waals surface area contributed by atoms with Gasteiger partial charge in [0.25, 0.3) is 0 Å². The number of fused-ring (bicyclic) bond motifs is 3. The number of hydrogen-bond acceptors (Lipinski definition) is 5.